The summed E-state index contributed by atoms with van der Waals surface area (Å²) in [5, 5.41) is 35.2. The second kappa shape index (κ2) is 5.50. The molecule has 1 aromatic carbocycles. The normalized spacial score (nSPS) is 9.18. The Labute approximate surface area is 113 Å². The smallest absolute Gasteiger partial charge is 1.00 e. The molecule has 0 bridgehead atoms. The average molecular weight is 252 g/mol. The number of hydrogen-bond donors (Lipinski definition) is 4. The summed E-state index contributed by atoms with van der Waals surface area (Å²) in [6.45, 7) is 0. The predicted octanol–water partition coefficient (Wildman–Crippen LogP) is 0.331. The summed E-state index contributed by atoms with van der Waals surface area (Å²) < 4.78 is 0. The quantitative estimate of drug-likeness (QED) is 0.570. The van der Waals surface area contributed by atoms with Gasteiger partial charge in [0.25, 0.3) is 0 Å². The second-order valence-corrected chi connectivity index (χ2v) is 2.83. The van der Waals surface area contributed by atoms with Crippen molar-refractivity contribution in [2.45, 2.75) is 0 Å². The number of hydrogen-bond acceptors (Lipinski definition) is 4. The number of phenolic OH excluding ortho intramolecular Hbond substituents is 1. The Kier molecular flexibility index (Phi) is 4.92. The Morgan fingerprint density at radius 1 is 0.882 bits per heavy atom. The van der Waals surface area contributed by atoms with E-state index in [1.54, 1.807) is 0 Å². The van der Waals surface area contributed by atoms with Crippen molar-refractivity contribution in [1.29, 1.82) is 0 Å². The number of carboxylic acid groups (broad SMARTS) is 3. The molecule has 0 saturated carbocycles. The van der Waals surface area contributed by atoms with Gasteiger partial charge in [-0.3, -0.25) is 0 Å². The summed E-state index contributed by atoms with van der Waals surface area (Å²) in [6, 6.07) is 1.36. The number of rotatable bonds is 3. The minimum Gasteiger partial charge on any atom is -1.00 e. The fourth-order valence-corrected chi connectivity index (χ4v) is 1.19. The summed E-state index contributed by atoms with van der Waals surface area (Å²) in [4.78, 5) is 32.1. The fourth-order valence-electron chi connectivity index (χ4n) is 1.19. The molecule has 0 atom stereocenters. The molecule has 0 aromatic heterocycles. The third-order valence-corrected chi connectivity index (χ3v) is 1.80. The molecule has 17 heavy (non-hydrogen) atoms. The molecule has 0 fully saturated rings. The van der Waals surface area contributed by atoms with Crippen LogP contribution in [0.5, 0.6) is 5.75 Å². The summed E-state index contributed by atoms with van der Waals surface area (Å²) >= 11 is 0. The largest absolute Gasteiger partial charge is 2.00 e. The van der Waals surface area contributed by atoms with Gasteiger partial charge in [-0.05, 0) is 12.1 Å². The standard InChI is InChI=1S/C9H6O7.Mg.2H/c10-3-1-4(7(11)12)6(9(15)16)5(2-3)8(13)14;;;/h1-2,10H,(H,11,12)(H,13,14)(H,15,16);;;/q;+2;2*-1. The van der Waals surface area contributed by atoms with Crippen LogP contribution >= 0.6 is 0 Å². The Morgan fingerprint density at radius 2 is 1.24 bits per heavy atom. The number of phenols is 1. The number of aromatic carboxylic acids is 3. The van der Waals surface area contributed by atoms with Gasteiger partial charge in [0.1, 0.15) is 5.75 Å². The first-order chi connectivity index (χ1) is 7.34. The molecule has 88 valence electrons. The van der Waals surface area contributed by atoms with Gasteiger partial charge >= 0.3 is 41.0 Å². The van der Waals surface area contributed by atoms with Crippen molar-refractivity contribution in [3.63, 3.8) is 0 Å². The van der Waals surface area contributed by atoms with E-state index in [0.717, 1.165) is 0 Å². The monoisotopic (exact) mass is 252 g/mol. The van der Waals surface area contributed by atoms with Crippen molar-refractivity contribution in [1.82, 2.24) is 0 Å². The van der Waals surface area contributed by atoms with Crippen molar-refractivity contribution < 1.29 is 37.7 Å². The van der Waals surface area contributed by atoms with E-state index in [1.165, 1.54) is 0 Å². The zero-order chi connectivity index (χ0) is 12.5. The minimum absolute atomic E-state index is 0. The van der Waals surface area contributed by atoms with Gasteiger partial charge in [0.2, 0.25) is 0 Å². The number of carboxylic acids is 3. The molecular formula is C9H8MgO7. The Morgan fingerprint density at radius 3 is 1.47 bits per heavy atom. The Balaban J connectivity index is -0.000000853. The minimum atomic E-state index is -1.69. The van der Waals surface area contributed by atoms with Gasteiger partial charge in [-0.2, -0.15) is 0 Å². The molecule has 0 spiro atoms. The maximum Gasteiger partial charge on any atom is 2.00 e. The van der Waals surface area contributed by atoms with Crippen LogP contribution in [-0.2, 0) is 0 Å². The molecule has 0 aliphatic heterocycles. The third kappa shape index (κ3) is 3.08. The first-order valence-electron chi connectivity index (χ1n) is 3.91. The first kappa shape index (κ1) is 15.2. The van der Waals surface area contributed by atoms with Gasteiger partial charge in [-0.1, -0.05) is 0 Å². The van der Waals surface area contributed by atoms with Crippen LogP contribution in [-0.4, -0.2) is 61.4 Å². The third-order valence-electron chi connectivity index (χ3n) is 1.80. The van der Waals surface area contributed by atoms with Crippen molar-refractivity contribution in [2.24, 2.45) is 0 Å². The van der Waals surface area contributed by atoms with E-state index in [-0.39, 0.29) is 25.9 Å². The van der Waals surface area contributed by atoms with E-state index in [4.69, 9.17) is 20.4 Å². The first-order valence-corrected chi connectivity index (χ1v) is 3.91. The Hall–Kier alpha value is -1.80. The molecule has 8 heteroatoms. The van der Waals surface area contributed by atoms with Gasteiger partial charge < -0.3 is 23.3 Å². The predicted molar refractivity (Wildman–Crippen MR) is 57.0 cm³/mol. The van der Waals surface area contributed by atoms with Crippen LogP contribution in [0.25, 0.3) is 0 Å². The van der Waals surface area contributed by atoms with Crippen LogP contribution in [0.4, 0.5) is 0 Å². The second-order valence-electron chi connectivity index (χ2n) is 2.83. The molecule has 0 unspecified atom stereocenters. The Bertz CT molecular complexity index is 468. The molecule has 1 rings (SSSR count). The van der Waals surface area contributed by atoms with Crippen LogP contribution < -0.4 is 0 Å². The molecule has 0 aliphatic carbocycles. The zero-order valence-electron chi connectivity index (χ0n) is 10.4. The summed E-state index contributed by atoms with van der Waals surface area (Å²) in [7, 11) is 0. The molecule has 0 heterocycles. The van der Waals surface area contributed by atoms with Gasteiger partial charge in [-0.15, -0.1) is 0 Å². The van der Waals surface area contributed by atoms with E-state index in [9.17, 15) is 14.4 Å². The van der Waals surface area contributed by atoms with Crippen LogP contribution in [0.15, 0.2) is 12.1 Å². The average Bonchev–Trinajstić information content (AvgIpc) is 2.15. The molecule has 1 aromatic rings. The van der Waals surface area contributed by atoms with Gasteiger partial charge in [0, 0.05) is 0 Å². The molecule has 7 nitrogen and oxygen atoms in total. The number of benzene rings is 1. The molecule has 0 saturated heterocycles. The maximum atomic E-state index is 10.8. The fraction of sp³-hybridized carbons (Fsp3) is 0. The van der Waals surface area contributed by atoms with Crippen molar-refractivity contribution in [3.05, 3.63) is 28.8 Å². The van der Waals surface area contributed by atoms with E-state index >= 15 is 0 Å². The summed E-state index contributed by atoms with van der Waals surface area (Å²) in [6.07, 6.45) is 0. The van der Waals surface area contributed by atoms with Crippen molar-refractivity contribution in [2.75, 3.05) is 0 Å². The summed E-state index contributed by atoms with van der Waals surface area (Å²) in [5.41, 5.74) is -2.41. The maximum absolute atomic E-state index is 10.8. The molecule has 0 amide bonds. The molecule has 0 radical (unpaired) electrons. The van der Waals surface area contributed by atoms with Gasteiger partial charge in [0.05, 0.1) is 16.7 Å². The van der Waals surface area contributed by atoms with Crippen LogP contribution in [0.3, 0.4) is 0 Å². The van der Waals surface area contributed by atoms with Gasteiger partial charge in [-0.25, -0.2) is 14.4 Å². The summed E-state index contributed by atoms with van der Waals surface area (Å²) in [5.74, 6) is -5.57. The topological polar surface area (TPSA) is 132 Å². The number of aromatic hydroxyl groups is 1. The molecular weight excluding hydrogens is 244 g/mol. The van der Waals surface area contributed by atoms with Crippen LogP contribution in [0, 0.1) is 0 Å². The molecule has 0 aliphatic rings. The van der Waals surface area contributed by atoms with E-state index in [0.29, 0.717) is 12.1 Å². The van der Waals surface area contributed by atoms with Gasteiger partial charge in [0.15, 0.2) is 0 Å². The van der Waals surface area contributed by atoms with E-state index in [1.807, 2.05) is 0 Å². The molecule has 4 N–H and O–H groups in total. The van der Waals surface area contributed by atoms with Crippen molar-refractivity contribution >= 4 is 41.0 Å². The van der Waals surface area contributed by atoms with E-state index < -0.39 is 40.3 Å². The van der Waals surface area contributed by atoms with Crippen LogP contribution in [0.1, 0.15) is 33.9 Å². The number of carbonyl (C=O) groups is 3. The van der Waals surface area contributed by atoms with Crippen molar-refractivity contribution in [3.8, 4) is 5.75 Å². The van der Waals surface area contributed by atoms with Crippen LogP contribution in [0.2, 0.25) is 0 Å². The SMILES string of the molecule is O=C(O)c1cc(O)cc(C(=O)O)c1C(=O)O.[H-].[H-].[Mg+2]. The zero-order valence-corrected chi connectivity index (χ0v) is 9.79. The van der Waals surface area contributed by atoms with E-state index in [2.05, 4.69) is 0 Å².